The highest BCUT2D eigenvalue weighted by atomic mass is 32.2. The Balaban J connectivity index is 2.52. The van der Waals surface area contributed by atoms with Crippen LogP contribution in [-0.4, -0.2) is 19.6 Å². The summed E-state index contributed by atoms with van der Waals surface area (Å²) in [6.07, 6.45) is -4.99. The molecule has 0 aromatic heterocycles. The predicted octanol–water partition coefficient (Wildman–Crippen LogP) is 5.30. The van der Waals surface area contributed by atoms with Gasteiger partial charge in [0.05, 0.1) is 17.0 Å². The number of hydrogen-bond donors (Lipinski definition) is 1. The van der Waals surface area contributed by atoms with E-state index in [1.807, 2.05) is 0 Å². The summed E-state index contributed by atoms with van der Waals surface area (Å²) >= 11 is 0. The third-order valence-corrected chi connectivity index (χ3v) is 4.71. The standard InChI is InChI=1S/C17H13F7N2O3S/c1-2-14(25-29-12-6-4-11(18)5-7-12)13-8-3-10(16(19,20)21)9-15(13)26-30(27,28)17(22,23)24/h3-9,26H,2H2,1H3. The highest BCUT2D eigenvalue weighted by Crippen LogP contribution is 2.34. The lowest BCUT2D eigenvalue weighted by atomic mass is 10.0. The van der Waals surface area contributed by atoms with Crippen molar-refractivity contribution in [2.75, 3.05) is 4.72 Å². The first-order valence-corrected chi connectivity index (χ1v) is 9.53. The van der Waals surface area contributed by atoms with Crippen LogP contribution in [0.4, 0.5) is 36.4 Å². The van der Waals surface area contributed by atoms with Gasteiger partial charge in [0.2, 0.25) is 0 Å². The minimum atomic E-state index is -6.00. The van der Waals surface area contributed by atoms with Crippen LogP contribution in [0.3, 0.4) is 0 Å². The maximum atomic E-state index is 13.0. The molecular weight excluding hydrogens is 445 g/mol. The Bertz CT molecular complexity index is 1030. The Morgan fingerprint density at radius 3 is 2.13 bits per heavy atom. The summed E-state index contributed by atoms with van der Waals surface area (Å²) in [5, 5.41) is 3.65. The molecule has 0 heterocycles. The largest absolute Gasteiger partial charge is 0.516 e. The molecule has 0 atom stereocenters. The van der Waals surface area contributed by atoms with E-state index in [2.05, 4.69) is 5.16 Å². The molecule has 0 aliphatic rings. The van der Waals surface area contributed by atoms with Gasteiger partial charge in [0.1, 0.15) is 5.82 Å². The fraction of sp³-hybridized carbons (Fsp3) is 0.235. The molecule has 0 bridgehead atoms. The van der Waals surface area contributed by atoms with Crippen LogP contribution in [0.15, 0.2) is 47.6 Å². The van der Waals surface area contributed by atoms with Gasteiger partial charge in [-0.25, -0.2) is 4.39 Å². The van der Waals surface area contributed by atoms with Crippen molar-refractivity contribution < 1.29 is 44.0 Å². The fourth-order valence-electron chi connectivity index (χ4n) is 2.17. The van der Waals surface area contributed by atoms with E-state index in [-0.39, 0.29) is 29.5 Å². The molecular formula is C17H13F7N2O3S. The molecule has 2 aromatic rings. The topological polar surface area (TPSA) is 67.8 Å². The minimum absolute atomic E-state index is 0.0340. The van der Waals surface area contributed by atoms with Crippen molar-refractivity contribution in [2.24, 2.45) is 5.16 Å². The molecule has 0 amide bonds. The number of sulfonamides is 1. The first-order chi connectivity index (χ1) is 13.7. The maximum Gasteiger partial charge on any atom is 0.516 e. The van der Waals surface area contributed by atoms with E-state index < -0.39 is 38.8 Å². The Kier molecular flexibility index (Phi) is 6.64. The summed E-state index contributed by atoms with van der Waals surface area (Å²) in [6, 6.07) is 6.01. The highest BCUT2D eigenvalue weighted by molar-refractivity contribution is 7.93. The molecule has 30 heavy (non-hydrogen) atoms. The summed E-state index contributed by atoms with van der Waals surface area (Å²) in [6.45, 7) is 1.46. The Labute approximate surface area is 166 Å². The van der Waals surface area contributed by atoms with E-state index in [0.717, 1.165) is 22.9 Å². The number of nitrogens with zero attached hydrogens (tertiary/aromatic N) is 1. The number of benzene rings is 2. The van der Waals surface area contributed by atoms with Crippen LogP contribution in [-0.2, 0) is 16.2 Å². The van der Waals surface area contributed by atoms with Gasteiger partial charge in [0, 0.05) is 5.56 Å². The van der Waals surface area contributed by atoms with Crippen LogP contribution >= 0.6 is 0 Å². The number of oxime groups is 1. The molecule has 2 aromatic carbocycles. The van der Waals surface area contributed by atoms with E-state index >= 15 is 0 Å². The fourth-order valence-corrected chi connectivity index (χ4v) is 2.74. The zero-order valence-corrected chi connectivity index (χ0v) is 15.8. The van der Waals surface area contributed by atoms with Crippen molar-refractivity contribution >= 4 is 21.4 Å². The van der Waals surface area contributed by atoms with Gasteiger partial charge in [0.25, 0.3) is 0 Å². The van der Waals surface area contributed by atoms with Gasteiger partial charge in [0.15, 0.2) is 5.75 Å². The second-order valence-corrected chi connectivity index (χ2v) is 7.42. The van der Waals surface area contributed by atoms with Crippen LogP contribution in [0.5, 0.6) is 5.75 Å². The third kappa shape index (κ3) is 5.62. The van der Waals surface area contributed by atoms with Gasteiger partial charge >= 0.3 is 21.7 Å². The van der Waals surface area contributed by atoms with Crippen molar-refractivity contribution in [1.29, 1.82) is 0 Å². The van der Waals surface area contributed by atoms with Gasteiger partial charge < -0.3 is 4.84 Å². The normalized spacial score (nSPS) is 13.3. The summed E-state index contributed by atoms with van der Waals surface area (Å²) in [5.41, 5.74) is -8.63. The van der Waals surface area contributed by atoms with Crippen molar-refractivity contribution in [3.05, 3.63) is 59.4 Å². The van der Waals surface area contributed by atoms with Gasteiger partial charge in [-0.15, -0.1) is 0 Å². The Hall–Kier alpha value is -2.83. The average molecular weight is 458 g/mol. The quantitative estimate of drug-likeness (QED) is 0.363. The molecule has 0 spiro atoms. The smallest absolute Gasteiger partial charge is 0.357 e. The van der Waals surface area contributed by atoms with Crippen LogP contribution < -0.4 is 9.56 Å². The molecule has 0 aliphatic carbocycles. The zero-order chi connectivity index (χ0) is 22.7. The van der Waals surface area contributed by atoms with E-state index in [1.54, 1.807) is 0 Å². The van der Waals surface area contributed by atoms with E-state index in [0.29, 0.717) is 6.07 Å². The zero-order valence-electron chi connectivity index (χ0n) is 15.0. The SMILES string of the molecule is CCC(=NOc1ccc(F)cc1)c1ccc(C(F)(F)F)cc1NS(=O)(=O)C(F)(F)F. The number of nitrogens with one attached hydrogen (secondary N) is 1. The average Bonchev–Trinajstić information content (AvgIpc) is 2.62. The lowest BCUT2D eigenvalue weighted by Crippen LogP contribution is -2.30. The Morgan fingerprint density at radius 1 is 1.03 bits per heavy atom. The van der Waals surface area contributed by atoms with Crippen LogP contribution in [0.2, 0.25) is 0 Å². The lowest BCUT2D eigenvalue weighted by Gasteiger charge is -2.17. The molecule has 2 rings (SSSR count). The number of rotatable bonds is 6. The van der Waals surface area contributed by atoms with Gasteiger partial charge in [-0.05, 0) is 42.8 Å². The van der Waals surface area contributed by atoms with E-state index in [4.69, 9.17) is 4.84 Å². The Morgan fingerprint density at radius 2 is 1.63 bits per heavy atom. The number of anilines is 1. The van der Waals surface area contributed by atoms with Crippen molar-refractivity contribution in [1.82, 2.24) is 0 Å². The lowest BCUT2D eigenvalue weighted by molar-refractivity contribution is -0.137. The molecule has 0 saturated heterocycles. The monoisotopic (exact) mass is 458 g/mol. The van der Waals surface area contributed by atoms with Gasteiger partial charge in [-0.2, -0.15) is 34.8 Å². The molecule has 0 saturated carbocycles. The molecule has 1 N–H and O–H groups in total. The maximum absolute atomic E-state index is 13.0. The molecule has 0 radical (unpaired) electrons. The first-order valence-electron chi connectivity index (χ1n) is 8.04. The molecule has 0 unspecified atom stereocenters. The highest BCUT2D eigenvalue weighted by Gasteiger charge is 2.46. The molecule has 13 heteroatoms. The molecule has 164 valence electrons. The summed E-state index contributed by atoms with van der Waals surface area (Å²) < 4.78 is 114. The minimum Gasteiger partial charge on any atom is -0.357 e. The number of hydrogen-bond acceptors (Lipinski definition) is 4. The summed E-state index contributed by atoms with van der Waals surface area (Å²) in [7, 11) is -6.00. The molecule has 5 nitrogen and oxygen atoms in total. The summed E-state index contributed by atoms with van der Waals surface area (Å²) in [4.78, 5) is 5.02. The van der Waals surface area contributed by atoms with E-state index in [9.17, 15) is 39.2 Å². The second kappa shape index (κ2) is 8.50. The van der Waals surface area contributed by atoms with Crippen LogP contribution in [0.1, 0.15) is 24.5 Å². The number of halogens is 7. The van der Waals surface area contributed by atoms with Gasteiger partial charge in [-0.3, -0.25) is 4.72 Å². The molecule has 0 aliphatic heterocycles. The van der Waals surface area contributed by atoms with Crippen molar-refractivity contribution in [2.45, 2.75) is 25.0 Å². The summed E-state index contributed by atoms with van der Waals surface area (Å²) in [5.74, 6) is -0.541. The first kappa shape index (κ1) is 23.4. The third-order valence-electron chi connectivity index (χ3n) is 3.62. The molecule has 0 fully saturated rings. The van der Waals surface area contributed by atoms with Gasteiger partial charge in [-0.1, -0.05) is 18.1 Å². The predicted molar refractivity (Wildman–Crippen MR) is 93.9 cm³/mol. The van der Waals surface area contributed by atoms with Crippen LogP contribution in [0, 0.1) is 5.82 Å². The second-order valence-electron chi connectivity index (χ2n) is 5.75. The van der Waals surface area contributed by atoms with Crippen molar-refractivity contribution in [3.63, 3.8) is 0 Å². The number of alkyl halides is 6. The van der Waals surface area contributed by atoms with Crippen LogP contribution in [0.25, 0.3) is 0 Å². The van der Waals surface area contributed by atoms with E-state index in [1.165, 1.54) is 19.1 Å². The van der Waals surface area contributed by atoms with Crippen molar-refractivity contribution in [3.8, 4) is 5.75 Å².